The Morgan fingerprint density at radius 2 is 2.06 bits per heavy atom. The fraction of sp³-hybridized carbons (Fsp3) is 0.320. The second kappa shape index (κ2) is 9.51. The van der Waals surface area contributed by atoms with E-state index in [1.54, 1.807) is 6.20 Å². The molecule has 1 aromatic carbocycles. The maximum atomic E-state index is 13.3. The molecule has 3 aromatic rings. The smallest absolute Gasteiger partial charge is 0.333 e. The van der Waals surface area contributed by atoms with Crippen LogP contribution in [0.4, 0.5) is 5.82 Å². The van der Waals surface area contributed by atoms with Gasteiger partial charge in [0.2, 0.25) is 5.78 Å². The average Bonchev–Trinajstić information content (AvgIpc) is 3.20. The summed E-state index contributed by atoms with van der Waals surface area (Å²) < 4.78 is 26.8. The van der Waals surface area contributed by atoms with E-state index in [-0.39, 0.29) is 24.3 Å². The molecule has 2 heterocycles. The number of benzene rings is 1. The van der Waals surface area contributed by atoms with Crippen molar-refractivity contribution < 1.29 is 17.4 Å². The lowest BCUT2D eigenvalue weighted by atomic mass is 10.0. The number of thiophene rings is 1. The maximum absolute atomic E-state index is 13.3. The van der Waals surface area contributed by atoms with Crippen LogP contribution >= 0.6 is 11.3 Å². The first-order chi connectivity index (χ1) is 16.8. The van der Waals surface area contributed by atoms with Gasteiger partial charge in [-0.25, -0.2) is 15.1 Å². The summed E-state index contributed by atoms with van der Waals surface area (Å²) in [5.41, 5.74) is 3.41. The lowest BCUT2D eigenvalue weighted by Gasteiger charge is -2.15. The highest BCUT2D eigenvalue weighted by molar-refractivity contribution is 7.84. The molecule has 2 aliphatic rings. The highest BCUT2D eigenvalue weighted by Crippen LogP contribution is 2.55. The molecule has 2 aromatic heterocycles. The lowest BCUT2D eigenvalue weighted by Crippen LogP contribution is -2.22. The van der Waals surface area contributed by atoms with E-state index in [4.69, 9.17) is 15.7 Å². The maximum Gasteiger partial charge on any atom is 0.333 e. The van der Waals surface area contributed by atoms with Crippen molar-refractivity contribution in [1.29, 1.82) is 0 Å². The molecule has 0 saturated heterocycles. The van der Waals surface area contributed by atoms with Crippen molar-refractivity contribution in [2.45, 2.75) is 25.3 Å². The molecule has 2 fully saturated rings. The number of carbonyl (C=O) groups excluding carboxylic acids is 1. The number of rotatable bonds is 9. The Morgan fingerprint density at radius 1 is 1.26 bits per heavy atom. The number of hydrogen-bond donors (Lipinski definition) is 2. The zero-order valence-electron chi connectivity index (χ0n) is 18.8. The minimum atomic E-state index is -3.91. The van der Waals surface area contributed by atoms with Gasteiger partial charge in [0.15, 0.2) is 0 Å². The van der Waals surface area contributed by atoms with Gasteiger partial charge < -0.3 is 5.32 Å². The van der Waals surface area contributed by atoms with Crippen molar-refractivity contribution in [2.75, 3.05) is 11.9 Å². The Kier molecular flexibility index (Phi) is 6.42. The van der Waals surface area contributed by atoms with Gasteiger partial charge in [-0.3, -0.25) is 8.98 Å². The molecule has 2 unspecified atom stereocenters. The minimum absolute atomic E-state index is 0.115. The topological polar surface area (TPSA) is 124 Å². The Hall–Kier alpha value is -3.10. The molecule has 4 atom stereocenters. The molecule has 180 valence electrons. The molecule has 0 radical (unpaired) electrons. The van der Waals surface area contributed by atoms with Crippen LogP contribution in [0, 0.1) is 30.1 Å². The average molecular weight is 509 g/mol. The van der Waals surface area contributed by atoms with E-state index in [1.165, 1.54) is 17.7 Å². The van der Waals surface area contributed by atoms with Crippen molar-refractivity contribution in [3.05, 3.63) is 75.4 Å². The predicted octanol–water partition coefficient (Wildman–Crippen LogP) is 3.00. The van der Waals surface area contributed by atoms with Gasteiger partial charge in [-0.2, -0.15) is 8.42 Å². The van der Waals surface area contributed by atoms with E-state index in [9.17, 15) is 13.2 Å². The number of fused-ring (bicyclic) bond motifs is 1. The Morgan fingerprint density at radius 3 is 2.80 bits per heavy atom. The number of anilines is 1. The van der Waals surface area contributed by atoms with E-state index in [1.807, 2.05) is 35.7 Å². The van der Waals surface area contributed by atoms with Gasteiger partial charge in [0, 0.05) is 17.8 Å². The summed E-state index contributed by atoms with van der Waals surface area (Å²) in [5, 5.41) is 10.3. The predicted molar refractivity (Wildman–Crippen MR) is 133 cm³/mol. The third-order valence-corrected chi connectivity index (χ3v) is 8.09. The van der Waals surface area contributed by atoms with Crippen LogP contribution in [-0.2, 0) is 20.9 Å². The number of aromatic nitrogens is 2. The molecule has 0 aliphatic heterocycles. The summed E-state index contributed by atoms with van der Waals surface area (Å²) in [4.78, 5) is 22.3. The molecular weight excluding hydrogens is 484 g/mol. The van der Waals surface area contributed by atoms with E-state index < -0.39 is 10.3 Å². The minimum Gasteiger partial charge on any atom is -0.366 e. The normalized spacial score (nSPS) is 22.9. The van der Waals surface area contributed by atoms with Gasteiger partial charge in [0.05, 0.1) is 17.0 Å². The first-order valence-electron chi connectivity index (χ1n) is 11.2. The molecule has 10 heteroatoms. The molecular formula is C25H24N4O4S2. The second-order valence-electron chi connectivity index (χ2n) is 9.07. The third-order valence-electron chi connectivity index (χ3n) is 6.65. The van der Waals surface area contributed by atoms with Gasteiger partial charge in [-0.15, -0.1) is 17.8 Å². The Labute approximate surface area is 208 Å². The Balaban J connectivity index is 1.23. The summed E-state index contributed by atoms with van der Waals surface area (Å²) in [6.07, 6.45) is 10.9. The highest BCUT2D eigenvalue weighted by atomic mass is 32.2. The number of carbonyl (C=O) groups is 1. The molecule has 0 bridgehead atoms. The van der Waals surface area contributed by atoms with Gasteiger partial charge in [-0.05, 0) is 71.7 Å². The standard InChI is InChI=1S/C25H24N4O4S2/c1-2-15-4-3-5-16(6-15)7-18-10-22(34-13-18)24(30)21-11-27-14-28-25(21)29-23-19-8-17(9-20(19)23)12-33-35(26,31)32/h1,3-6,10-11,13-14,17,19-20,23H,7-9,12H2,(H2,26,31,32)(H,27,28,29)/t17-,19+,20?,23?/m0/s1. The fourth-order valence-corrected chi connectivity index (χ4v) is 6.24. The number of terminal acetylenes is 1. The first kappa shape index (κ1) is 23.6. The van der Waals surface area contributed by atoms with Crippen molar-refractivity contribution in [2.24, 2.45) is 22.9 Å². The van der Waals surface area contributed by atoms with Gasteiger partial charge in [0.1, 0.15) is 12.1 Å². The highest BCUT2D eigenvalue weighted by Gasteiger charge is 2.56. The summed E-state index contributed by atoms with van der Waals surface area (Å²) in [6, 6.07) is 9.93. The van der Waals surface area contributed by atoms with Gasteiger partial charge in [-0.1, -0.05) is 18.1 Å². The van der Waals surface area contributed by atoms with Gasteiger partial charge in [0.25, 0.3) is 0 Å². The fourth-order valence-electron chi connectivity index (χ4n) is 4.99. The van der Waals surface area contributed by atoms with Crippen LogP contribution in [0.3, 0.4) is 0 Å². The lowest BCUT2D eigenvalue weighted by molar-refractivity contribution is 0.104. The van der Waals surface area contributed by atoms with E-state index in [0.29, 0.717) is 34.5 Å². The number of nitrogens with two attached hydrogens (primary N) is 1. The zero-order chi connectivity index (χ0) is 24.6. The van der Waals surface area contributed by atoms with E-state index in [2.05, 4.69) is 21.2 Å². The van der Waals surface area contributed by atoms with Crippen molar-refractivity contribution in [3.8, 4) is 12.3 Å². The molecule has 8 nitrogen and oxygen atoms in total. The SMILES string of the molecule is C#Cc1cccc(Cc2csc(C(=O)c3cncnc3NC3C4C[C@@H](COS(N)(=O)=O)C[C@H]43)c2)c1. The first-order valence-corrected chi connectivity index (χ1v) is 13.6. The summed E-state index contributed by atoms with van der Waals surface area (Å²) in [6.45, 7) is 0.115. The van der Waals surface area contributed by atoms with E-state index >= 15 is 0 Å². The number of nitrogens with zero attached hydrogens (tertiary/aromatic N) is 2. The molecule has 0 amide bonds. The molecule has 5 rings (SSSR count). The number of hydrogen-bond acceptors (Lipinski definition) is 8. The summed E-state index contributed by atoms with van der Waals surface area (Å²) >= 11 is 1.40. The van der Waals surface area contributed by atoms with Crippen molar-refractivity contribution in [3.63, 3.8) is 0 Å². The summed E-state index contributed by atoms with van der Waals surface area (Å²) in [5.74, 6) is 4.01. The van der Waals surface area contributed by atoms with Crippen LogP contribution in [-0.4, -0.2) is 36.8 Å². The largest absolute Gasteiger partial charge is 0.366 e. The van der Waals surface area contributed by atoms with Gasteiger partial charge >= 0.3 is 10.3 Å². The molecule has 2 saturated carbocycles. The third kappa shape index (κ3) is 5.44. The van der Waals surface area contributed by atoms with Crippen LogP contribution in [0.1, 0.15) is 44.8 Å². The van der Waals surface area contributed by atoms with Crippen LogP contribution in [0.5, 0.6) is 0 Å². The zero-order valence-corrected chi connectivity index (χ0v) is 20.4. The molecule has 2 aliphatic carbocycles. The second-order valence-corrected chi connectivity index (χ2v) is 11.2. The number of nitrogens with one attached hydrogen (secondary N) is 1. The quantitative estimate of drug-likeness (QED) is 0.336. The number of ketones is 1. The summed E-state index contributed by atoms with van der Waals surface area (Å²) in [7, 11) is -3.91. The van der Waals surface area contributed by atoms with Crippen LogP contribution in [0.25, 0.3) is 0 Å². The monoisotopic (exact) mass is 508 g/mol. The van der Waals surface area contributed by atoms with Crippen molar-refractivity contribution >= 4 is 33.2 Å². The molecule has 3 N–H and O–H groups in total. The molecule has 0 spiro atoms. The Bertz CT molecular complexity index is 1400. The van der Waals surface area contributed by atoms with Crippen LogP contribution < -0.4 is 10.5 Å². The van der Waals surface area contributed by atoms with Crippen molar-refractivity contribution in [1.82, 2.24) is 9.97 Å². The van der Waals surface area contributed by atoms with Crippen LogP contribution in [0.15, 0.2) is 48.2 Å². The molecule has 35 heavy (non-hydrogen) atoms. The van der Waals surface area contributed by atoms with E-state index in [0.717, 1.165) is 29.5 Å². The van der Waals surface area contributed by atoms with Crippen LogP contribution in [0.2, 0.25) is 0 Å².